The maximum atomic E-state index is 11.9. The highest BCUT2D eigenvalue weighted by molar-refractivity contribution is 7.85. The summed E-state index contributed by atoms with van der Waals surface area (Å²) in [6, 6.07) is 0. The van der Waals surface area contributed by atoms with Gasteiger partial charge in [0.25, 0.3) is 10.1 Å². The third-order valence-corrected chi connectivity index (χ3v) is 6.29. The predicted molar refractivity (Wildman–Crippen MR) is 144 cm³/mol. The number of aliphatic hydroxyl groups is 1. The van der Waals surface area contributed by atoms with Crippen LogP contribution in [0.4, 0.5) is 0 Å². The van der Waals surface area contributed by atoms with Gasteiger partial charge in [-0.3, -0.25) is 9.35 Å². The van der Waals surface area contributed by atoms with Crippen LogP contribution in [-0.2, 0) is 19.7 Å². The first-order chi connectivity index (χ1) is 16.5. The maximum absolute atomic E-state index is 11.9. The molecule has 0 aliphatic rings. The van der Waals surface area contributed by atoms with Crippen LogP contribution in [-0.4, -0.2) is 117 Å². The van der Waals surface area contributed by atoms with Crippen LogP contribution in [0.1, 0.15) is 77.6 Å². The Morgan fingerprint density at radius 1 is 0.861 bits per heavy atom. The van der Waals surface area contributed by atoms with Crippen molar-refractivity contribution < 1.29 is 41.7 Å². The van der Waals surface area contributed by atoms with Crippen LogP contribution >= 0.6 is 0 Å². The van der Waals surface area contributed by atoms with Gasteiger partial charge in [-0.1, -0.05) is 58.3 Å². The Hall–Kier alpha value is -1.27. The Balaban J connectivity index is 0. The highest BCUT2D eigenvalue weighted by Gasteiger charge is 2.24. The normalized spacial score (nSPS) is 13.0. The topological polar surface area (TPSA) is 141 Å². The quantitative estimate of drug-likeness (QED) is 0.105. The van der Waals surface area contributed by atoms with Crippen molar-refractivity contribution in [1.29, 1.82) is 0 Å². The highest BCUT2D eigenvalue weighted by atomic mass is 32.2. The number of aliphatic hydroxyl groups excluding tert-OH is 1. The van der Waals surface area contributed by atoms with Gasteiger partial charge in [0.1, 0.15) is 18.4 Å². The number of carbonyl (C=O) groups is 2. The second-order valence-electron chi connectivity index (χ2n) is 11.4. The average Bonchev–Trinajstić information content (AvgIpc) is 2.66. The second kappa shape index (κ2) is 19.8. The van der Waals surface area contributed by atoms with Crippen LogP contribution in [0.25, 0.3) is 0 Å². The fraction of sp³-hybridized carbons (Fsp3) is 0.920. The number of hydrogen-bond donors (Lipinski definition) is 4. The first-order valence-corrected chi connectivity index (χ1v) is 14.8. The molecule has 0 rings (SSSR count). The summed E-state index contributed by atoms with van der Waals surface area (Å²) in [4.78, 5) is 21.9. The summed E-state index contributed by atoms with van der Waals surface area (Å²) in [5, 5.41) is 20.9. The maximum Gasteiger partial charge on any atom is 0.359 e. The van der Waals surface area contributed by atoms with Crippen molar-refractivity contribution in [1.82, 2.24) is 5.32 Å². The van der Waals surface area contributed by atoms with Gasteiger partial charge < -0.3 is 24.5 Å². The van der Waals surface area contributed by atoms with Crippen molar-refractivity contribution in [3.8, 4) is 0 Å². The van der Waals surface area contributed by atoms with Crippen molar-refractivity contribution in [2.45, 2.75) is 83.7 Å². The van der Waals surface area contributed by atoms with Gasteiger partial charge in [0.15, 0.2) is 6.54 Å². The summed E-state index contributed by atoms with van der Waals surface area (Å²) in [5.74, 6) is -1.32. The predicted octanol–water partition coefficient (Wildman–Crippen LogP) is 2.52. The zero-order valence-corrected chi connectivity index (χ0v) is 24.5. The van der Waals surface area contributed by atoms with Crippen molar-refractivity contribution in [2.24, 2.45) is 0 Å². The molecule has 11 heteroatoms. The lowest BCUT2D eigenvalue weighted by atomic mass is 10.1. The molecule has 0 bridgehead atoms. The van der Waals surface area contributed by atoms with Crippen LogP contribution in [0.2, 0.25) is 0 Å². The molecule has 0 heterocycles. The number of nitrogens with zero attached hydrogens (tertiary/aromatic N) is 2. The molecular weight excluding hydrogens is 486 g/mol. The van der Waals surface area contributed by atoms with E-state index >= 15 is 0 Å². The zero-order chi connectivity index (χ0) is 28.3. The number of aliphatic carboxylic acids is 1. The summed E-state index contributed by atoms with van der Waals surface area (Å²) in [6.07, 6.45) is 11.3. The van der Waals surface area contributed by atoms with Crippen LogP contribution in [0.5, 0.6) is 0 Å². The molecular formula is C25H55N3O7S+2. The van der Waals surface area contributed by atoms with Crippen LogP contribution in [0, 0.1) is 0 Å². The van der Waals surface area contributed by atoms with E-state index in [-0.39, 0.29) is 19.0 Å². The number of carboxylic acid groups (broad SMARTS) is 1. The van der Waals surface area contributed by atoms with Crippen LogP contribution in [0.3, 0.4) is 0 Å². The zero-order valence-electron chi connectivity index (χ0n) is 23.7. The number of likely N-dealkylation sites (N-methyl/N-ethyl adjacent to an activating group) is 2. The molecule has 1 amide bonds. The Morgan fingerprint density at radius 2 is 1.36 bits per heavy atom. The molecule has 1 atom stereocenters. The van der Waals surface area contributed by atoms with E-state index in [1.54, 1.807) is 0 Å². The lowest BCUT2D eigenvalue weighted by molar-refractivity contribution is -0.893. The Bertz CT molecular complexity index is 692. The molecule has 0 aromatic rings. The summed E-state index contributed by atoms with van der Waals surface area (Å²) in [5.41, 5.74) is 0. The molecule has 0 aliphatic heterocycles. The van der Waals surface area contributed by atoms with E-state index in [4.69, 9.17) is 9.66 Å². The van der Waals surface area contributed by atoms with E-state index in [2.05, 4.69) is 12.2 Å². The monoisotopic (exact) mass is 541 g/mol. The van der Waals surface area contributed by atoms with Crippen LogP contribution in [0.15, 0.2) is 0 Å². The number of hydrogen-bond acceptors (Lipinski definition) is 5. The van der Waals surface area contributed by atoms with E-state index in [1.807, 2.05) is 35.2 Å². The van der Waals surface area contributed by atoms with Gasteiger partial charge in [-0.25, -0.2) is 4.79 Å². The van der Waals surface area contributed by atoms with Gasteiger partial charge in [0.05, 0.1) is 41.8 Å². The van der Waals surface area contributed by atoms with E-state index in [0.717, 1.165) is 19.3 Å². The smallest absolute Gasteiger partial charge is 0.359 e. The lowest BCUT2D eigenvalue weighted by Crippen LogP contribution is -2.48. The van der Waals surface area contributed by atoms with E-state index in [1.165, 1.54) is 44.9 Å². The molecule has 36 heavy (non-hydrogen) atoms. The molecule has 0 spiro atoms. The first-order valence-electron chi connectivity index (χ1n) is 13.2. The molecule has 0 aliphatic carbocycles. The fourth-order valence-corrected chi connectivity index (χ4v) is 4.37. The van der Waals surface area contributed by atoms with Crippen molar-refractivity contribution in [2.75, 3.05) is 67.2 Å². The van der Waals surface area contributed by atoms with Gasteiger partial charge in [-0.05, 0) is 6.42 Å². The molecule has 0 saturated heterocycles. The summed E-state index contributed by atoms with van der Waals surface area (Å²) < 4.78 is 31.3. The molecule has 0 saturated carbocycles. The summed E-state index contributed by atoms with van der Waals surface area (Å²) >= 11 is 0. The molecule has 0 aromatic carbocycles. The van der Waals surface area contributed by atoms with Crippen molar-refractivity contribution in [3.05, 3.63) is 0 Å². The van der Waals surface area contributed by atoms with Gasteiger partial charge in [-0.15, -0.1) is 0 Å². The lowest BCUT2D eigenvalue weighted by Gasteiger charge is -2.31. The van der Waals surface area contributed by atoms with Gasteiger partial charge >= 0.3 is 5.97 Å². The summed E-state index contributed by atoms with van der Waals surface area (Å²) in [7, 11) is 5.13. The number of unbranched alkanes of at least 4 members (excludes halogenated alkanes) is 8. The van der Waals surface area contributed by atoms with Gasteiger partial charge in [0, 0.05) is 19.4 Å². The Labute approximate surface area is 220 Å². The van der Waals surface area contributed by atoms with Gasteiger partial charge in [0.2, 0.25) is 5.91 Å². The highest BCUT2D eigenvalue weighted by Crippen LogP contribution is 2.10. The van der Waals surface area contributed by atoms with E-state index in [9.17, 15) is 23.1 Å². The largest absolute Gasteiger partial charge is 0.477 e. The minimum atomic E-state index is -4.17. The Morgan fingerprint density at radius 3 is 1.78 bits per heavy atom. The molecule has 4 N–H and O–H groups in total. The third-order valence-electron chi connectivity index (χ3n) is 5.49. The minimum absolute atomic E-state index is 0.0830. The third kappa shape index (κ3) is 30.8. The first kappa shape index (κ1) is 36.9. The minimum Gasteiger partial charge on any atom is -0.477 e. The number of quaternary nitrogens is 2. The number of carbonyl (C=O) groups excluding carboxylic acids is 1. The molecule has 0 aromatic heterocycles. The van der Waals surface area contributed by atoms with E-state index in [0.29, 0.717) is 28.5 Å². The summed E-state index contributed by atoms with van der Waals surface area (Å²) in [6.45, 7) is 3.91. The standard InChI is InChI=1S/C20H42N2O5S.C5H11NO2/c1-4-5-6-7-8-9-10-11-12-14-20(24)21-15-13-16-22(2,3)17-19(23)18-28(25,26)27;1-6(2,3)4-5(7)8/h19,23H,4-18H2,1-3H3,(H-,21,24,25,26,27);4H2,1-3H3/p+2. The number of carboxylic acids is 1. The molecule has 10 nitrogen and oxygen atoms in total. The molecule has 0 fully saturated rings. The average molecular weight is 542 g/mol. The number of rotatable bonds is 20. The van der Waals surface area contributed by atoms with Gasteiger partial charge in [-0.2, -0.15) is 8.42 Å². The fourth-order valence-electron chi connectivity index (χ4n) is 3.78. The van der Waals surface area contributed by atoms with Crippen LogP contribution < -0.4 is 5.32 Å². The second-order valence-corrected chi connectivity index (χ2v) is 12.9. The molecule has 1 unspecified atom stereocenters. The number of amides is 1. The van der Waals surface area contributed by atoms with Crippen molar-refractivity contribution in [3.63, 3.8) is 0 Å². The Kier molecular flexibility index (Phi) is 20.3. The van der Waals surface area contributed by atoms with E-state index < -0.39 is 27.9 Å². The number of nitrogens with one attached hydrogen (secondary N) is 1. The van der Waals surface area contributed by atoms with Crippen molar-refractivity contribution >= 4 is 22.0 Å². The molecule has 216 valence electrons. The SMILES string of the molecule is CCCCCCCCCCCC(=O)NCCC[N+](C)(C)CC(O)CS(=O)(=O)O.C[N+](C)(C)CC(=O)O. The molecule has 0 radical (unpaired) electrons.